The molecule has 0 bridgehead atoms. The zero-order valence-electron chi connectivity index (χ0n) is 13.9. The summed E-state index contributed by atoms with van der Waals surface area (Å²) < 4.78 is 5.17. The number of benzene rings is 1. The van der Waals surface area contributed by atoms with E-state index in [9.17, 15) is 4.79 Å². The fraction of sp³-hybridized carbons (Fsp3) is 0.167. The number of ether oxygens (including phenoxy) is 1. The van der Waals surface area contributed by atoms with Crippen molar-refractivity contribution in [1.82, 2.24) is 9.97 Å². The highest BCUT2D eigenvalue weighted by Gasteiger charge is 2.10. The zero-order valence-corrected chi connectivity index (χ0v) is 14.8. The Labute approximate surface area is 149 Å². The third-order valence-corrected chi connectivity index (χ3v) is 4.32. The number of aromatic nitrogens is 2. The standard InChI is InChI=1S/C18H18N4O2S/c1-19-16-10-13(6-7-20-16)15-11-25-18(21-15)22-17(23)9-12-4-3-5-14(8-12)24-2/h3-8,10-11H,9H2,1-2H3,(H,19,20)(H,21,22,23). The number of amides is 1. The molecular formula is C18H18N4O2S. The van der Waals surface area contributed by atoms with E-state index >= 15 is 0 Å². The molecule has 0 radical (unpaired) electrons. The molecule has 0 saturated heterocycles. The predicted octanol–water partition coefficient (Wildman–Crippen LogP) is 3.44. The molecule has 0 aliphatic rings. The average Bonchev–Trinajstić information content (AvgIpc) is 3.10. The van der Waals surface area contributed by atoms with Crippen molar-refractivity contribution in [2.45, 2.75) is 6.42 Å². The number of carbonyl (C=O) groups excluding carboxylic acids is 1. The molecule has 0 atom stereocenters. The van der Waals surface area contributed by atoms with Crippen molar-refractivity contribution in [3.63, 3.8) is 0 Å². The molecule has 0 aliphatic carbocycles. The number of carbonyl (C=O) groups is 1. The minimum Gasteiger partial charge on any atom is -0.497 e. The van der Waals surface area contributed by atoms with Crippen molar-refractivity contribution in [2.24, 2.45) is 0 Å². The molecular weight excluding hydrogens is 336 g/mol. The first-order chi connectivity index (χ1) is 12.2. The number of thiazole rings is 1. The minimum atomic E-state index is -0.111. The number of pyridine rings is 1. The fourth-order valence-corrected chi connectivity index (χ4v) is 3.06. The van der Waals surface area contributed by atoms with Crippen LogP contribution in [0.3, 0.4) is 0 Å². The van der Waals surface area contributed by atoms with E-state index in [1.165, 1.54) is 11.3 Å². The fourth-order valence-electron chi connectivity index (χ4n) is 2.32. The Hall–Kier alpha value is -2.93. The van der Waals surface area contributed by atoms with Gasteiger partial charge in [-0.1, -0.05) is 12.1 Å². The maximum absolute atomic E-state index is 12.2. The van der Waals surface area contributed by atoms with Crippen LogP contribution in [0.1, 0.15) is 5.56 Å². The number of rotatable bonds is 6. The summed E-state index contributed by atoms with van der Waals surface area (Å²) in [6, 6.07) is 11.3. The van der Waals surface area contributed by atoms with E-state index < -0.39 is 0 Å². The lowest BCUT2D eigenvalue weighted by Gasteiger charge is -2.04. The lowest BCUT2D eigenvalue weighted by Crippen LogP contribution is -2.14. The molecule has 1 aromatic carbocycles. The van der Waals surface area contributed by atoms with Crippen LogP contribution in [0.25, 0.3) is 11.3 Å². The van der Waals surface area contributed by atoms with Crippen LogP contribution < -0.4 is 15.4 Å². The van der Waals surface area contributed by atoms with E-state index in [1.54, 1.807) is 13.3 Å². The molecule has 0 spiro atoms. The van der Waals surface area contributed by atoms with Gasteiger partial charge in [0.05, 0.1) is 19.2 Å². The monoisotopic (exact) mass is 354 g/mol. The number of hydrogen-bond acceptors (Lipinski definition) is 6. The van der Waals surface area contributed by atoms with Crippen molar-refractivity contribution in [2.75, 3.05) is 24.8 Å². The minimum absolute atomic E-state index is 0.111. The second-order valence-electron chi connectivity index (χ2n) is 5.29. The summed E-state index contributed by atoms with van der Waals surface area (Å²) in [5.74, 6) is 1.40. The third-order valence-electron chi connectivity index (χ3n) is 3.56. The largest absolute Gasteiger partial charge is 0.497 e. The molecule has 0 aliphatic heterocycles. The molecule has 6 nitrogen and oxygen atoms in total. The Morgan fingerprint density at radius 1 is 1.28 bits per heavy atom. The Bertz CT molecular complexity index is 879. The smallest absolute Gasteiger partial charge is 0.230 e. The molecule has 3 aromatic rings. The van der Waals surface area contributed by atoms with Crippen LogP contribution in [0, 0.1) is 0 Å². The van der Waals surface area contributed by atoms with Gasteiger partial charge in [-0.3, -0.25) is 4.79 Å². The predicted molar refractivity (Wildman–Crippen MR) is 100 cm³/mol. The van der Waals surface area contributed by atoms with Gasteiger partial charge in [-0.25, -0.2) is 9.97 Å². The van der Waals surface area contributed by atoms with Gasteiger partial charge in [0, 0.05) is 24.2 Å². The molecule has 2 aromatic heterocycles. The van der Waals surface area contributed by atoms with Crippen molar-refractivity contribution < 1.29 is 9.53 Å². The van der Waals surface area contributed by atoms with Gasteiger partial charge in [0.25, 0.3) is 0 Å². The normalized spacial score (nSPS) is 10.3. The Morgan fingerprint density at radius 3 is 2.96 bits per heavy atom. The molecule has 25 heavy (non-hydrogen) atoms. The number of hydrogen-bond donors (Lipinski definition) is 2. The van der Waals surface area contributed by atoms with Gasteiger partial charge in [0.2, 0.25) is 5.91 Å². The number of nitrogens with one attached hydrogen (secondary N) is 2. The van der Waals surface area contributed by atoms with Gasteiger partial charge in [-0.15, -0.1) is 11.3 Å². The molecule has 1 amide bonds. The Kier molecular flexibility index (Phi) is 5.25. The van der Waals surface area contributed by atoms with Gasteiger partial charge in [-0.05, 0) is 29.8 Å². The summed E-state index contributed by atoms with van der Waals surface area (Å²) in [7, 11) is 3.42. The summed E-state index contributed by atoms with van der Waals surface area (Å²) in [6.45, 7) is 0. The number of nitrogens with zero attached hydrogens (tertiary/aromatic N) is 2. The Morgan fingerprint density at radius 2 is 2.16 bits per heavy atom. The summed E-state index contributed by atoms with van der Waals surface area (Å²) in [4.78, 5) is 20.9. The van der Waals surface area contributed by atoms with Crippen LogP contribution in [0.15, 0.2) is 48.0 Å². The molecule has 3 rings (SSSR count). The third kappa shape index (κ3) is 4.33. The van der Waals surface area contributed by atoms with Crippen LogP contribution in [-0.2, 0) is 11.2 Å². The lowest BCUT2D eigenvalue weighted by atomic mass is 10.1. The highest BCUT2D eigenvalue weighted by molar-refractivity contribution is 7.14. The average molecular weight is 354 g/mol. The zero-order chi connectivity index (χ0) is 17.6. The van der Waals surface area contributed by atoms with E-state index in [0.717, 1.165) is 28.4 Å². The van der Waals surface area contributed by atoms with Crippen LogP contribution >= 0.6 is 11.3 Å². The van der Waals surface area contributed by atoms with Crippen LogP contribution in [0.4, 0.5) is 10.9 Å². The van der Waals surface area contributed by atoms with E-state index in [4.69, 9.17) is 4.74 Å². The summed E-state index contributed by atoms with van der Waals surface area (Å²) in [6.07, 6.45) is 1.99. The topological polar surface area (TPSA) is 76.1 Å². The molecule has 0 unspecified atom stereocenters. The Balaban J connectivity index is 1.67. The summed E-state index contributed by atoms with van der Waals surface area (Å²) >= 11 is 1.40. The number of methoxy groups -OCH3 is 1. The summed E-state index contributed by atoms with van der Waals surface area (Å²) in [5, 5.41) is 8.33. The first-order valence-electron chi connectivity index (χ1n) is 7.70. The van der Waals surface area contributed by atoms with Crippen molar-refractivity contribution >= 4 is 28.2 Å². The second kappa shape index (κ2) is 7.76. The maximum atomic E-state index is 12.2. The SMILES string of the molecule is CNc1cc(-c2csc(NC(=O)Cc3cccc(OC)c3)n2)ccn1. The molecule has 128 valence electrons. The van der Waals surface area contributed by atoms with Crippen LogP contribution in [0.5, 0.6) is 5.75 Å². The first kappa shape index (κ1) is 16.9. The van der Waals surface area contributed by atoms with Gasteiger partial charge in [0.1, 0.15) is 11.6 Å². The van der Waals surface area contributed by atoms with Crippen molar-refractivity contribution in [3.05, 3.63) is 53.5 Å². The van der Waals surface area contributed by atoms with Gasteiger partial charge < -0.3 is 15.4 Å². The van der Waals surface area contributed by atoms with Gasteiger partial charge in [-0.2, -0.15) is 0 Å². The molecule has 2 N–H and O–H groups in total. The van der Waals surface area contributed by atoms with Crippen molar-refractivity contribution in [1.29, 1.82) is 0 Å². The molecule has 0 fully saturated rings. The lowest BCUT2D eigenvalue weighted by molar-refractivity contribution is -0.115. The maximum Gasteiger partial charge on any atom is 0.230 e. The molecule has 7 heteroatoms. The quantitative estimate of drug-likeness (QED) is 0.709. The van der Waals surface area contributed by atoms with E-state index in [-0.39, 0.29) is 12.3 Å². The highest BCUT2D eigenvalue weighted by Crippen LogP contribution is 2.26. The summed E-state index contributed by atoms with van der Waals surface area (Å²) in [5.41, 5.74) is 2.64. The first-order valence-corrected chi connectivity index (χ1v) is 8.58. The van der Waals surface area contributed by atoms with Crippen LogP contribution in [-0.4, -0.2) is 30.0 Å². The van der Waals surface area contributed by atoms with Crippen molar-refractivity contribution in [3.8, 4) is 17.0 Å². The number of anilines is 2. The van der Waals surface area contributed by atoms with E-state index in [1.807, 2.05) is 48.8 Å². The molecule has 0 saturated carbocycles. The van der Waals surface area contributed by atoms with Gasteiger partial charge >= 0.3 is 0 Å². The van der Waals surface area contributed by atoms with Crippen LogP contribution in [0.2, 0.25) is 0 Å². The second-order valence-corrected chi connectivity index (χ2v) is 6.15. The van der Waals surface area contributed by atoms with E-state index in [0.29, 0.717) is 5.13 Å². The molecule has 2 heterocycles. The highest BCUT2D eigenvalue weighted by atomic mass is 32.1. The van der Waals surface area contributed by atoms with E-state index in [2.05, 4.69) is 20.6 Å². The van der Waals surface area contributed by atoms with Gasteiger partial charge in [0.15, 0.2) is 5.13 Å².